The van der Waals surface area contributed by atoms with Crippen molar-refractivity contribution >= 4 is 39.0 Å². The highest BCUT2D eigenvalue weighted by atomic mass is 79.9. The molecule has 2 rings (SSSR count). The van der Waals surface area contributed by atoms with Crippen LogP contribution in [0.5, 0.6) is 0 Å². The first kappa shape index (κ1) is 18.0. The molecule has 0 saturated carbocycles. The number of halogens is 2. The summed E-state index contributed by atoms with van der Waals surface area (Å²) in [6, 6.07) is 4.70. The molecule has 4 nitrogen and oxygen atoms in total. The molecule has 1 aliphatic rings. The van der Waals surface area contributed by atoms with E-state index in [0.29, 0.717) is 10.7 Å². The Morgan fingerprint density at radius 1 is 1.43 bits per heavy atom. The first-order valence-electron chi connectivity index (χ1n) is 6.99. The van der Waals surface area contributed by atoms with Gasteiger partial charge in [0.05, 0.1) is 0 Å². The summed E-state index contributed by atoms with van der Waals surface area (Å²) in [6.45, 7) is 7.13. The van der Waals surface area contributed by atoms with Gasteiger partial charge in [0.15, 0.2) is 5.17 Å². The lowest BCUT2D eigenvalue weighted by Gasteiger charge is -2.27. The van der Waals surface area contributed by atoms with E-state index in [1.807, 2.05) is 0 Å². The van der Waals surface area contributed by atoms with E-state index in [1.54, 1.807) is 51.3 Å². The summed E-state index contributed by atoms with van der Waals surface area (Å²) < 4.78 is 20.1. The maximum Gasteiger partial charge on any atom is 0.413 e. The minimum atomic E-state index is -0.899. The van der Waals surface area contributed by atoms with E-state index in [4.69, 9.17) is 4.74 Å². The normalized spacial score (nSPS) is 20.9. The number of hydrogen-bond acceptors (Lipinski definition) is 4. The zero-order valence-electron chi connectivity index (χ0n) is 13.3. The lowest BCUT2D eigenvalue weighted by molar-refractivity contribution is 0.0564. The van der Waals surface area contributed by atoms with Crippen molar-refractivity contribution in [1.82, 2.24) is 5.32 Å². The van der Waals surface area contributed by atoms with E-state index < -0.39 is 17.2 Å². The predicted molar refractivity (Wildman–Crippen MR) is 95.0 cm³/mol. The summed E-state index contributed by atoms with van der Waals surface area (Å²) in [4.78, 5) is 16.3. The van der Waals surface area contributed by atoms with Gasteiger partial charge < -0.3 is 4.74 Å². The minimum Gasteiger partial charge on any atom is -0.444 e. The molecule has 23 heavy (non-hydrogen) atoms. The number of rotatable bonds is 1. The number of benzene rings is 1. The van der Waals surface area contributed by atoms with Gasteiger partial charge in [-0.2, -0.15) is 0 Å². The van der Waals surface area contributed by atoms with Crippen LogP contribution in [0.2, 0.25) is 0 Å². The average Bonchev–Trinajstić information content (AvgIpc) is 2.39. The molecule has 0 fully saturated rings. The molecule has 0 spiro atoms. The second-order valence-electron chi connectivity index (χ2n) is 6.24. The highest BCUT2D eigenvalue weighted by molar-refractivity contribution is 9.10. The van der Waals surface area contributed by atoms with E-state index in [1.165, 1.54) is 17.8 Å². The van der Waals surface area contributed by atoms with E-state index >= 15 is 0 Å². The van der Waals surface area contributed by atoms with Crippen molar-refractivity contribution in [1.29, 1.82) is 0 Å². The number of aliphatic imine (C=N–C) groups is 1. The quantitative estimate of drug-likeness (QED) is 0.725. The Labute approximate surface area is 147 Å². The lowest BCUT2D eigenvalue weighted by Crippen LogP contribution is -2.37. The SMILES string of the molecule is CC(C)(C)OC(=O)NC1=N[C@](C)(c2cc(Br)ccc2F)C=CS1. The Bertz CT molecular complexity index is 685. The molecule has 1 aromatic rings. The van der Waals surface area contributed by atoms with Gasteiger partial charge in [0.25, 0.3) is 0 Å². The van der Waals surface area contributed by atoms with Gasteiger partial charge in [0, 0.05) is 10.0 Å². The first-order valence-corrected chi connectivity index (χ1v) is 8.66. The van der Waals surface area contributed by atoms with E-state index in [9.17, 15) is 9.18 Å². The van der Waals surface area contributed by atoms with Crippen molar-refractivity contribution in [3.05, 3.63) is 45.5 Å². The summed E-state index contributed by atoms with van der Waals surface area (Å²) in [5.41, 5.74) is -1.07. The summed E-state index contributed by atoms with van der Waals surface area (Å²) in [5.74, 6) is -0.354. The molecular weight excluding hydrogens is 383 g/mol. The summed E-state index contributed by atoms with van der Waals surface area (Å²) in [6.07, 6.45) is 1.21. The number of hydrogen-bond donors (Lipinski definition) is 1. The molecule has 0 aliphatic carbocycles. The zero-order chi connectivity index (χ0) is 17.3. The molecule has 1 aliphatic heterocycles. The summed E-state index contributed by atoms with van der Waals surface area (Å²) in [7, 11) is 0. The Morgan fingerprint density at radius 2 is 2.13 bits per heavy atom. The lowest BCUT2D eigenvalue weighted by atomic mass is 9.92. The van der Waals surface area contributed by atoms with Crippen LogP contribution in [0.3, 0.4) is 0 Å². The van der Waals surface area contributed by atoms with Gasteiger partial charge in [-0.05, 0) is 57.4 Å². The minimum absolute atomic E-state index is 0.354. The fourth-order valence-electron chi connectivity index (χ4n) is 1.99. The Morgan fingerprint density at radius 3 is 2.78 bits per heavy atom. The van der Waals surface area contributed by atoms with Crippen molar-refractivity contribution in [3.8, 4) is 0 Å². The third-order valence-corrected chi connectivity index (χ3v) is 4.17. The van der Waals surface area contributed by atoms with Gasteiger partial charge in [0.2, 0.25) is 0 Å². The van der Waals surface area contributed by atoms with E-state index in [2.05, 4.69) is 26.2 Å². The smallest absolute Gasteiger partial charge is 0.413 e. The number of carbonyl (C=O) groups excluding carboxylic acids is 1. The van der Waals surface area contributed by atoms with Gasteiger partial charge in [-0.25, -0.2) is 14.2 Å². The fraction of sp³-hybridized carbons (Fsp3) is 0.375. The van der Waals surface area contributed by atoms with E-state index in [-0.39, 0.29) is 5.82 Å². The number of nitrogens with zero attached hydrogens (tertiary/aromatic N) is 1. The molecule has 1 heterocycles. The highest BCUT2D eigenvalue weighted by Gasteiger charge is 2.30. The third-order valence-electron chi connectivity index (χ3n) is 2.99. The van der Waals surface area contributed by atoms with Crippen LogP contribution >= 0.6 is 27.7 Å². The van der Waals surface area contributed by atoms with Gasteiger partial charge in [-0.3, -0.25) is 5.32 Å². The number of carbonyl (C=O) groups is 1. The van der Waals surface area contributed by atoms with Gasteiger partial charge in [-0.15, -0.1) is 0 Å². The van der Waals surface area contributed by atoms with Crippen molar-refractivity contribution in [2.45, 2.75) is 38.8 Å². The Hall–Kier alpha value is -1.34. The number of alkyl carbamates (subject to hydrolysis) is 1. The summed E-state index contributed by atoms with van der Waals surface area (Å²) >= 11 is 4.59. The largest absolute Gasteiger partial charge is 0.444 e. The number of amides is 1. The molecule has 0 saturated heterocycles. The molecule has 1 atom stereocenters. The van der Waals surface area contributed by atoms with Crippen molar-refractivity contribution in [2.24, 2.45) is 4.99 Å². The molecular formula is C16H18BrFN2O2S. The van der Waals surface area contributed by atoms with Crippen LogP contribution in [0.4, 0.5) is 9.18 Å². The van der Waals surface area contributed by atoms with Crippen LogP contribution in [0, 0.1) is 5.82 Å². The molecule has 0 bridgehead atoms. The third kappa shape index (κ3) is 4.81. The zero-order valence-corrected chi connectivity index (χ0v) is 15.7. The number of nitrogens with one attached hydrogen (secondary N) is 1. The molecule has 124 valence electrons. The molecule has 1 N–H and O–H groups in total. The van der Waals surface area contributed by atoms with E-state index in [0.717, 1.165) is 4.47 Å². The monoisotopic (exact) mass is 400 g/mol. The second-order valence-corrected chi connectivity index (χ2v) is 8.05. The van der Waals surface area contributed by atoms with Crippen LogP contribution in [0.1, 0.15) is 33.3 Å². The van der Waals surface area contributed by atoms with Crippen molar-refractivity contribution < 1.29 is 13.9 Å². The molecule has 0 unspecified atom stereocenters. The van der Waals surface area contributed by atoms with Crippen LogP contribution in [-0.4, -0.2) is 16.9 Å². The standard InChI is InChI=1S/C16H18BrFN2O2S/c1-15(2,3)22-14(21)19-13-20-16(4,7-8-23-13)11-9-10(17)5-6-12(11)18/h5-9H,1-4H3,(H,19,20,21)/t16-/m0/s1. The van der Waals surface area contributed by atoms with Crippen molar-refractivity contribution in [3.63, 3.8) is 0 Å². The van der Waals surface area contributed by atoms with Gasteiger partial charge in [0.1, 0.15) is 17.0 Å². The Kier molecular flexibility index (Phi) is 5.20. The predicted octanol–water partition coefficient (Wildman–Crippen LogP) is 4.94. The van der Waals surface area contributed by atoms with Crippen LogP contribution < -0.4 is 5.32 Å². The number of thioether (sulfide) groups is 1. The maximum absolute atomic E-state index is 14.2. The summed E-state index contributed by atoms with van der Waals surface area (Å²) in [5, 5.41) is 4.74. The molecule has 0 aromatic heterocycles. The van der Waals surface area contributed by atoms with Gasteiger partial charge >= 0.3 is 6.09 Å². The van der Waals surface area contributed by atoms with Crippen LogP contribution in [-0.2, 0) is 10.3 Å². The highest BCUT2D eigenvalue weighted by Crippen LogP contribution is 2.35. The Balaban J connectivity index is 2.25. The number of ether oxygens (including phenoxy) is 1. The second kappa shape index (κ2) is 6.65. The maximum atomic E-state index is 14.2. The molecule has 0 radical (unpaired) electrons. The first-order chi connectivity index (χ1) is 10.6. The average molecular weight is 401 g/mol. The topological polar surface area (TPSA) is 50.7 Å². The van der Waals surface area contributed by atoms with Crippen molar-refractivity contribution in [2.75, 3.05) is 0 Å². The van der Waals surface area contributed by atoms with Crippen LogP contribution in [0.25, 0.3) is 0 Å². The molecule has 1 aromatic carbocycles. The molecule has 7 heteroatoms. The van der Waals surface area contributed by atoms with Crippen LogP contribution in [0.15, 0.2) is 39.1 Å². The molecule has 1 amide bonds. The fourth-order valence-corrected chi connectivity index (χ4v) is 3.20. The number of amidine groups is 1. The van der Waals surface area contributed by atoms with Gasteiger partial charge in [-0.1, -0.05) is 27.7 Å².